The lowest BCUT2D eigenvalue weighted by Crippen LogP contribution is -2.21. The molecule has 0 saturated heterocycles. The zero-order valence-electron chi connectivity index (χ0n) is 11.7. The zero-order chi connectivity index (χ0) is 15.9. The number of hydrogen-bond acceptors (Lipinski definition) is 2. The number of rotatable bonds is 6. The Balaban J connectivity index is 1.76. The second kappa shape index (κ2) is 8.39. The largest absolute Gasteiger partial charge is 0.325 e. The van der Waals surface area contributed by atoms with E-state index in [0.29, 0.717) is 40.3 Å². The van der Waals surface area contributed by atoms with E-state index < -0.39 is 0 Å². The van der Waals surface area contributed by atoms with Crippen LogP contribution in [0.2, 0.25) is 15.1 Å². The maximum absolute atomic E-state index is 11.9. The molecule has 1 amide bonds. The van der Waals surface area contributed by atoms with Gasteiger partial charge in [-0.15, -0.1) is 0 Å². The number of carbonyl (C=O) groups is 1. The first kappa shape index (κ1) is 17.1. The van der Waals surface area contributed by atoms with E-state index in [0.717, 1.165) is 5.56 Å². The quantitative estimate of drug-likeness (QED) is 0.731. The van der Waals surface area contributed by atoms with Gasteiger partial charge in [0.25, 0.3) is 0 Å². The molecule has 2 N–H and O–H groups in total. The van der Waals surface area contributed by atoms with Gasteiger partial charge >= 0.3 is 0 Å². The molecule has 2 rings (SSSR count). The molecule has 0 spiro atoms. The van der Waals surface area contributed by atoms with Crippen molar-refractivity contribution in [2.24, 2.45) is 0 Å². The highest BCUT2D eigenvalue weighted by Crippen LogP contribution is 2.29. The first-order chi connectivity index (χ1) is 10.6. The molecule has 0 fully saturated rings. The molecule has 0 saturated carbocycles. The number of halogens is 3. The fourth-order valence-electron chi connectivity index (χ4n) is 1.88. The summed E-state index contributed by atoms with van der Waals surface area (Å²) in [6, 6.07) is 12.7. The van der Waals surface area contributed by atoms with Crippen LogP contribution in [0.1, 0.15) is 12.0 Å². The van der Waals surface area contributed by atoms with E-state index in [1.807, 2.05) is 24.3 Å². The predicted molar refractivity (Wildman–Crippen MR) is 92.9 cm³/mol. The summed E-state index contributed by atoms with van der Waals surface area (Å²) in [7, 11) is 0. The van der Waals surface area contributed by atoms with Crippen molar-refractivity contribution in [2.45, 2.75) is 13.0 Å². The second-order valence-electron chi connectivity index (χ2n) is 4.67. The summed E-state index contributed by atoms with van der Waals surface area (Å²) in [6.07, 6.45) is 0.327. The second-order valence-corrected chi connectivity index (χ2v) is 5.86. The van der Waals surface area contributed by atoms with Gasteiger partial charge in [-0.1, -0.05) is 59.1 Å². The van der Waals surface area contributed by atoms with Crippen molar-refractivity contribution in [1.82, 2.24) is 5.32 Å². The standard InChI is InChI=1S/C16H15Cl3N2O/c17-12-5-2-1-4-11(12)10-20-9-8-15(22)21-14-7-3-6-13(18)16(14)19/h1-7,20H,8-10H2,(H,21,22). The number of amides is 1. The van der Waals surface area contributed by atoms with Gasteiger partial charge in [0.05, 0.1) is 15.7 Å². The number of hydrogen-bond donors (Lipinski definition) is 2. The number of carbonyl (C=O) groups excluding carboxylic acids is 1. The maximum Gasteiger partial charge on any atom is 0.225 e. The monoisotopic (exact) mass is 356 g/mol. The van der Waals surface area contributed by atoms with Crippen molar-refractivity contribution in [3.8, 4) is 0 Å². The smallest absolute Gasteiger partial charge is 0.225 e. The average molecular weight is 358 g/mol. The molecule has 0 aliphatic rings. The van der Waals surface area contributed by atoms with Crippen LogP contribution in [0.4, 0.5) is 5.69 Å². The Morgan fingerprint density at radius 2 is 1.68 bits per heavy atom. The van der Waals surface area contributed by atoms with E-state index in [2.05, 4.69) is 10.6 Å². The molecule has 0 unspecified atom stereocenters. The lowest BCUT2D eigenvalue weighted by molar-refractivity contribution is -0.116. The van der Waals surface area contributed by atoms with Crippen LogP contribution in [-0.2, 0) is 11.3 Å². The van der Waals surface area contributed by atoms with Crippen LogP contribution in [0.5, 0.6) is 0 Å². The molecule has 3 nitrogen and oxygen atoms in total. The highest BCUT2D eigenvalue weighted by Gasteiger charge is 2.08. The summed E-state index contributed by atoms with van der Waals surface area (Å²) in [4.78, 5) is 11.9. The fraction of sp³-hybridized carbons (Fsp3) is 0.188. The van der Waals surface area contributed by atoms with Crippen molar-refractivity contribution in [3.63, 3.8) is 0 Å². The summed E-state index contributed by atoms with van der Waals surface area (Å²) in [6.45, 7) is 1.15. The van der Waals surface area contributed by atoms with Crippen LogP contribution in [0.15, 0.2) is 42.5 Å². The van der Waals surface area contributed by atoms with Crippen LogP contribution >= 0.6 is 34.8 Å². The van der Waals surface area contributed by atoms with Gasteiger partial charge in [0.15, 0.2) is 0 Å². The van der Waals surface area contributed by atoms with Gasteiger partial charge in [-0.3, -0.25) is 4.79 Å². The van der Waals surface area contributed by atoms with Crippen molar-refractivity contribution >= 4 is 46.4 Å². The summed E-state index contributed by atoms with van der Waals surface area (Å²) in [5.74, 6) is -0.129. The summed E-state index contributed by atoms with van der Waals surface area (Å²) >= 11 is 18.0. The Bertz CT molecular complexity index is 662. The number of anilines is 1. The minimum Gasteiger partial charge on any atom is -0.325 e. The molecule has 0 heterocycles. The lowest BCUT2D eigenvalue weighted by Gasteiger charge is -2.09. The first-order valence-electron chi connectivity index (χ1n) is 6.76. The molecule has 6 heteroatoms. The van der Waals surface area contributed by atoms with E-state index in [1.54, 1.807) is 18.2 Å². The maximum atomic E-state index is 11.9. The Hall–Kier alpha value is -1.26. The number of nitrogens with one attached hydrogen (secondary N) is 2. The van der Waals surface area contributed by atoms with Crippen LogP contribution in [0.25, 0.3) is 0 Å². The molecule has 0 aromatic heterocycles. The van der Waals surface area contributed by atoms with Crippen molar-refractivity contribution in [1.29, 1.82) is 0 Å². The fourth-order valence-corrected chi connectivity index (χ4v) is 2.43. The zero-order valence-corrected chi connectivity index (χ0v) is 14.0. The van der Waals surface area contributed by atoms with Crippen LogP contribution in [-0.4, -0.2) is 12.5 Å². The molecule has 116 valence electrons. The van der Waals surface area contributed by atoms with Crippen molar-refractivity contribution in [2.75, 3.05) is 11.9 Å². The third-order valence-corrected chi connectivity index (χ3v) is 4.22. The van der Waals surface area contributed by atoms with E-state index in [1.165, 1.54) is 0 Å². The van der Waals surface area contributed by atoms with Gasteiger partial charge in [0.2, 0.25) is 5.91 Å². The average Bonchev–Trinajstić information content (AvgIpc) is 2.50. The topological polar surface area (TPSA) is 41.1 Å². The van der Waals surface area contributed by atoms with Crippen LogP contribution < -0.4 is 10.6 Å². The van der Waals surface area contributed by atoms with Crippen molar-refractivity contribution < 1.29 is 4.79 Å². The third kappa shape index (κ3) is 4.89. The Morgan fingerprint density at radius 3 is 2.45 bits per heavy atom. The first-order valence-corrected chi connectivity index (χ1v) is 7.89. The Kier molecular flexibility index (Phi) is 6.52. The van der Waals surface area contributed by atoms with Crippen LogP contribution in [0.3, 0.4) is 0 Å². The lowest BCUT2D eigenvalue weighted by atomic mass is 10.2. The minimum absolute atomic E-state index is 0.129. The van der Waals surface area contributed by atoms with Gasteiger partial charge in [0, 0.05) is 24.5 Å². The third-order valence-electron chi connectivity index (χ3n) is 3.03. The highest BCUT2D eigenvalue weighted by atomic mass is 35.5. The molecule has 0 radical (unpaired) electrons. The summed E-state index contributed by atoms with van der Waals surface area (Å²) in [5, 5.41) is 7.40. The Labute approximate surface area is 144 Å². The van der Waals surface area contributed by atoms with Gasteiger partial charge in [-0.05, 0) is 23.8 Å². The van der Waals surface area contributed by atoms with E-state index >= 15 is 0 Å². The van der Waals surface area contributed by atoms with Gasteiger partial charge in [-0.25, -0.2) is 0 Å². The van der Waals surface area contributed by atoms with Gasteiger partial charge in [-0.2, -0.15) is 0 Å². The molecule has 0 atom stereocenters. The molecule has 22 heavy (non-hydrogen) atoms. The Morgan fingerprint density at radius 1 is 0.955 bits per heavy atom. The molecular weight excluding hydrogens is 343 g/mol. The van der Waals surface area contributed by atoms with E-state index in [4.69, 9.17) is 34.8 Å². The van der Waals surface area contributed by atoms with Gasteiger partial charge in [0.1, 0.15) is 0 Å². The predicted octanol–water partition coefficient (Wildman–Crippen LogP) is 4.77. The van der Waals surface area contributed by atoms with E-state index in [-0.39, 0.29) is 5.91 Å². The summed E-state index contributed by atoms with van der Waals surface area (Å²) < 4.78 is 0. The summed E-state index contributed by atoms with van der Waals surface area (Å²) in [5.41, 5.74) is 1.52. The van der Waals surface area contributed by atoms with Gasteiger partial charge < -0.3 is 10.6 Å². The normalized spacial score (nSPS) is 10.5. The highest BCUT2D eigenvalue weighted by molar-refractivity contribution is 6.44. The molecule has 0 aliphatic carbocycles. The molecular formula is C16H15Cl3N2O. The van der Waals surface area contributed by atoms with Crippen molar-refractivity contribution in [3.05, 3.63) is 63.1 Å². The molecule has 2 aromatic carbocycles. The molecule has 0 aliphatic heterocycles. The number of benzene rings is 2. The SMILES string of the molecule is O=C(CCNCc1ccccc1Cl)Nc1cccc(Cl)c1Cl. The molecule has 2 aromatic rings. The van der Waals surface area contributed by atoms with Crippen LogP contribution in [0, 0.1) is 0 Å². The minimum atomic E-state index is -0.129. The van der Waals surface area contributed by atoms with E-state index in [9.17, 15) is 4.79 Å². The molecule has 0 bridgehead atoms.